The Hall–Kier alpha value is -1.92. The highest BCUT2D eigenvalue weighted by Gasteiger charge is 2.11. The van der Waals surface area contributed by atoms with E-state index in [2.05, 4.69) is 26.2 Å². The standard InChI is InChI=1S/C13H8BrClN2O3/c14-8-3-7(13(19)20)4-10(5-8)17-12(18)11-2-1-9(15)6-16-11/h1-6H,(H,17,18)(H,19,20). The van der Waals surface area contributed by atoms with Gasteiger partial charge in [0, 0.05) is 16.4 Å². The number of nitrogens with zero attached hydrogens (tertiary/aromatic N) is 1. The maximum atomic E-state index is 11.9. The molecule has 1 aromatic heterocycles. The van der Waals surface area contributed by atoms with E-state index in [0.29, 0.717) is 15.2 Å². The van der Waals surface area contributed by atoms with Crippen molar-refractivity contribution in [2.45, 2.75) is 0 Å². The van der Waals surface area contributed by atoms with E-state index in [9.17, 15) is 9.59 Å². The minimum Gasteiger partial charge on any atom is -0.478 e. The summed E-state index contributed by atoms with van der Waals surface area (Å²) in [5.41, 5.74) is 0.614. The van der Waals surface area contributed by atoms with Crippen LogP contribution in [0.4, 0.5) is 5.69 Å². The van der Waals surface area contributed by atoms with E-state index in [1.807, 2.05) is 0 Å². The quantitative estimate of drug-likeness (QED) is 0.884. The number of amides is 1. The third kappa shape index (κ3) is 3.55. The molecule has 0 aliphatic rings. The number of halogens is 2. The number of hydrogen-bond donors (Lipinski definition) is 2. The van der Waals surface area contributed by atoms with E-state index in [-0.39, 0.29) is 11.3 Å². The zero-order valence-corrected chi connectivity index (χ0v) is 12.3. The second-order valence-corrected chi connectivity index (χ2v) is 5.20. The molecule has 1 heterocycles. The summed E-state index contributed by atoms with van der Waals surface area (Å²) in [5.74, 6) is -1.53. The summed E-state index contributed by atoms with van der Waals surface area (Å²) in [4.78, 5) is 26.8. The van der Waals surface area contributed by atoms with Gasteiger partial charge < -0.3 is 10.4 Å². The lowest BCUT2D eigenvalue weighted by Gasteiger charge is -2.06. The van der Waals surface area contributed by atoms with Gasteiger partial charge in [-0.15, -0.1) is 0 Å². The number of anilines is 1. The summed E-state index contributed by atoms with van der Waals surface area (Å²) in [6.07, 6.45) is 1.36. The largest absolute Gasteiger partial charge is 0.478 e. The summed E-state index contributed by atoms with van der Waals surface area (Å²) >= 11 is 8.88. The predicted molar refractivity (Wildman–Crippen MR) is 78.3 cm³/mol. The lowest BCUT2D eigenvalue weighted by Crippen LogP contribution is -2.14. The summed E-state index contributed by atoms with van der Waals surface area (Å²) in [5, 5.41) is 12.0. The molecule has 102 valence electrons. The van der Waals surface area contributed by atoms with Crippen molar-refractivity contribution >= 4 is 45.1 Å². The van der Waals surface area contributed by atoms with E-state index in [1.54, 1.807) is 12.1 Å². The van der Waals surface area contributed by atoms with Gasteiger partial charge in [-0.1, -0.05) is 27.5 Å². The zero-order valence-electron chi connectivity index (χ0n) is 9.93. The van der Waals surface area contributed by atoms with Crippen molar-refractivity contribution < 1.29 is 14.7 Å². The lowest BCUT2D eigenvalue weighted by molar-refractivity contribution is 0.0696. The van der Waals surface area contributed by atoms with Crippen molar-refractivity contribution in [1.29, 1.82) is 0 Å². The van der Waals surface area contributed by atoms with Crippen molar-refractivity contribution in [3.8, 4) is 0 Å². The Morgan fingerprint density at radius 3 is 2.60 bits per heavy atom. The molecule has 0 atom stereocenters. The number of carbonyl (C=O) groups excluding carboxylic acids is 1. The molecule has 5 nitrogen and oxygen atoms in total. The normalized spacial score (nSPS) is 10.1. The van der Waals surface area contributed by atoms with Gasteiger partial charge in [0.2, 0.25) is 0 Å². The molecule has 2 aromatic rings. The zero-order chi connectivity index (χ0) is 14.7. The van der Waals surface area contributed by atoms with Gasteiger partial charge in [0.1, 0.15) is 5.69 Å². The number of aromatic nitrogens is 1. The minimum atomic E-state index is -1.08. The van der Waals surface area contributed by atoms with Crippen LogP contribution in [0.3, 0.4) is 0 Å². The third-order valence-corrected chi connectivity index (χ3v) is 3.04. The van der Waals surface area contributed by atoms with Crippen LogP contribution in [0, 0.1) is 0 Å². The molecule has 0 bridgehead atoms. The Morgan fingerprint density at radius 1 is 1.25 bits per heavy atom. The number of carbonyl (C=O) groups is 2. The van der Waals surface area contributed by atoms with Gasteiger partial charge >= 0.3 is 5.97 Å². The average molecular weight is 356 g/mol. The van der Waals surface area contributed by atoms with E-state index >= 15 is 0 Å². The number of aromatic carboxylic acids is 1. The Balaban J connectivity index is 2.23. The fourth-order valence-electron chi connectivity index (χ4n) is 1.49. The Labute approximate surface area is 127 Å². The van der Waals surface area contributed by atoms with Gasteiger partial charge in [0.05, 0.1) is 10.6 Å². The molecule has 0 spiro atoms. The molecule has 0 saturated heterocycles. The summed E-state index contributed by atoms with van der Waals surface area (Å²) in [6.45, 7) is 0. The van der Waals surface area contributed by atoms with Crippen molar-refractivity contribution in [2.75, 3.05) is 5.32 Å². The maximum absolute atomic E-state index is 11.9. The molecule has 1 amide bonds. The first kappa shape index (κ1) is 14.5. The van der Waals surface area contributed by atoms with Gasteiger partial charge in [-0.25, -0.2) is 9.78 Å². The average Bonchev–Trinajstić information content (AvgIpc) is 2.38. The highest BCUT2D eigenvalue weighted by Crippen LogP contribution is 2.20. The summed E-state index contributed by atoms with van der Waals surface area (Å²) in [7, 11) is 0. The van der Waals surface area contributed by atoms with Gasteiger partial charge in [-0.05, 0) is 30.3 Å². The first-order chi connectivity index (χ1) is 9.45. The molecule has 0 aliphatic heterocycles. The maximum Gasteiger partial charge on any atom is 0.335 e. The molecular weight excluding hydrogens is 348 g/mol. The van der Waals surface area contributed by atoms with Crippen molar-refractivity contribution in [2.24, 2.45) is 0 Å². The number of rotatable bonds is 3. The third-order valence-electron chi connectivity index (χ3n) is 2.36. The second kappa shape index (κ2) is 6.02. The number of carboxylic acids is 1. The molecule has 0 saturated carbocycles. The van der Waals surface area contributed by atoms with Crippen LogP contribution in [0.2, 0.25) is 5.02 Å². The van der Waals surface area contributed by atoms with Crippen molar-refractivity contribution in [1.82, 2.24) is 4.98 Å². The first-order valence-electron chi connectivity index (χ1n) is 5.42. The van der Waals surface area contributed by atoms with Gasteiger partial charge in [-0.3, -0.25) is 4.79 Å². The van der Waals surface area contributed by atoms with E-state index < -0.39 is 11.9 Å². The highest BCUT2D eigenvalue weighted by molar-refractivity contribution is 9.10. The van der Waals surface area contributed by atoms with Crippen LogP contribution in [-0.4, -0.2) is 22.0 Å². The smallest absolute Gasteiger partial charge is 0.335 e. The summed E-state index contributed by atoms with van der Waals surface area (Å²) < 4.78 is 0.553. The Kier molecular flexibility index (Phi) is 4.36. The van der Waals surface area contributed by atoms with Crippen LogP contribution in [-0.2, 0) is 0 Å². The number of pyridine rings is 1. The highest BCUT2D eigenvalue weighted by atomic mass is 79.9. The monoisotopic (exact) mass is 354 g/mol. The molecule has 2 N–H and O–H groups in total. The van der Waals surface area contributed by atoms with Crippen LogP contribution in [0.25, 0.3) is 0 Å². The number of carboxylic acid groups (broad SMARTS) is 1. The SMILES string of the molecule is O=C(O)c1cc(Br)cc(NC(=O)c2ccc(Cl)cn2)c1. The minimum absolute atomic E-state index is 0.0683. The Morgan fingerprint density at radius 2 is 2.00 bits per heavy atom. The van der Waals surface area contributed by atoms with Crippen LogP contribution in [0.1, 0.15) is 20.8 Å². The van der Waals surface area contributed by atoms with Crippen LogP contribution in [0.5, 0.6) is 0 Å². The van der Waals surface area contributed by atoms with Crippen LogP contribution in [0.15, 0.2) is 41.0 Å². The van der Waals surface area contributed by atoms with Crippen LogP contribution >= 0.6 is 27.5 Å². The van der Waals surface area contributed by atoms with Gasteiger partial charge in [0.15, 0.2) is 0 Å². The first-order valence-corrected chi connectivity index (χ1v) is 6.59. The molecular formula is C13H8BrClN2O3. The second-order valence-electron chi connectivity index (χ2n) is 3.85. The molecule has 20 heavy (non-hydrogen) atoms. The number of benzene rings is 1. The number of hydrogen-bond acceptors (Lipinski definition) is 3. The topological polar surface area (TPSA) is 79.3 Å². The van der Waals surface area contributed by atoms with E-state index in [0.717, 1.165) is 0 Å². The Bertz CT molecular complexity index is 674. The fraction of sp³-hybridized carbons (Fsp3) is 0. The molecule has 7 heteroatoms. The molecule has 0 radical (unpaired) electrons. The van der Waals surface area contributed by atoms with E-state index in [4.69, 9.17) is 16.7 Å². The van der Waals surface area contributed by atoms with Crippen molar-refractivity contribution in [3.63, 3.8) is 0 Å². The predicted octanol–water partition coefficient (Wildman–Crippen LogP) is 3.45. The van der Waals surface area contributed by atoms with Gasteiger partial charge in [0.25, 0.3) is 5.91 Å². The molecule has 1 aromatic carbocycles. The molecule has 0 unspecified atom stereocenters. The summed E-state index contributed by atoms with van der Waals surface area (Å²) in [6, 6.07) is 7.43. The fourth-order valence-corrected chi connectivity index (χ4v) is 2.10. The van der Waals surface area contributed by atoms with Crippen molar-refractivity contribution in [3.05, 3.63) is 57.3 Å². The van der Waals surface area contributed by atoms with Crippen LogP contribution < -0.4 is 5.32 Å². The molecule has 0 fully saturated rings. The van der Waals surface area contributed by atoms with E-state index in [1.165, 1.54) is 24.4 Å². The molecule has 2 rings (SSSR count). The van der Waals surface area contributed by atoms with Gasteiger partial charge in [-0.2, -0.15) is 0 Å². The number of nitrogens with one attached hydrogen (secondary N) is 1. The molecule has 0 aliphatic carbocycles. The lowest BCUT2D eigenvalue weighted by atomic mass is 10.2.